The Labute approximate surface area is 296 Å². The maximum atomic E-state index is 5.26. The average Bonchev–Trinajstić information content (AvgIpc) is 3.87. The quantitative estimate of drug-likeness (QED) is 0.179. The van der Waals surface area contributed by atoms with Crippen LogP contribution in [0.25, 0.3) is 89.7 Å². The van der Waals surface area contributed by atoms with Crippen molar-refractivity contribution in [3.05, 3.63) is 115 Å². The Hall–Kier alpha value is -6.23. The first-order chi connectivity index (χ1) is 24.9. The van der Waals surface area contributed by atoms with Gasteiger partial charge in [-0.2, -0.15) is 0 Å². The molecule has 0 saturated heterocycles. The smallest absolute Gasteiger partial charge is 0.164 e. The van der Waals surface area contributed by atoms with E-state index >= 15 is 0 Å². The summed E-state index contributed by atoms with van der Waals surface area (Å²) in [6.07, 6.45) is 0. The molecule has 3 aromatic heterocycles. The lowest BCUT2D eigenvalue weighted by molar-refractivity contribution is 0.485. The van der Waals surface area contributed by atoms with E-state index in [4.69, 9.17) is 29.9 Å². The van der Waals surface area contributed by atoms with Gasteiger partial charge in [0.25, 0.3) is 0 Å². The number of rotatable bonds is 3. The molecule has 0 spiro atoms. The van der Waals surface area contributed by atoms with Crippen molar-refractivity contribution >= 4 is 61.6 Å². The van der Waals surface area contributed by atoms with Gasteiger partial charge < -0.3 is 9.97 Å². The largest absolute Gasteiger partial charge is 0.324 e. The zero-order valence-electron chi connectivity index (χ0n) is 28.0. The Balaban J connectivity index is 1.33. The summed E-state index contributed by atoms with van der Waals surface area (Å²) in [4.78, 5) is 40.0. The SMILES string of the molecule is C[N+](C)(C)c1cccc(Sc2cccc3c4nc5nc(nc6[nH]c(nc7nc(nc([nH]4)c23)-c2ccccc2-7)c2ccccc62)-c2ccccc2-5)c1. The predicted octanol–water partition coefficient (Wildman–Crippen LogP) is 9.22. The van der Waals surface area contributed by atoms with Crippen LogP contribution in [0.15, 0.2) is 125 Å². The molecule has 0 radical (unpaired) electrons. The minimum atomic E-state index is 0.581. The second-order valence-corrected chi connectivity index (χ2v) is 14.7. The van der Waals surface area contributed by atoms with E-state index < -0.39 is 0 Å². The maximum absolute atomic E-state index is 5.26. The molecular formula is C41H30N9S+. The van der Waals surface area contributed by atoms with E-state index in [-0.39, 0.29) is 0 Å². The lowest BCUT2D eigenvalue weighted by atomic mass is 10.1. The number of H-pyrrole nitrogens is 2. The lowest BCUT2D eigenvalue weighted by Gasteiger charge is -2.23. The molecule has 244 valence electrons. The van der Waals surface area contributed by atoms with Crippen molar-refractivity contribution in [1.29, 1.82) is 0 Å². The highest BCUT2D eigenvalue weighted by Gasteiger charge is 2.23. The summed E-state index contributed by atoms with van der Waals surface area (Å²) < 4.78 is 0.726. The highest BCUT2D eigenvalue weighted by molar-refractivity contribution is 7.99. The van der Waals surface area contributed by atoms with Crippen LogP contribution >= 0.6 is 11.8 Å². The molecule has 9 nitrogen and oxygen atoms in total. The molecule has 8 aromatic rings. The van der Waals surface area contributed by atoms with E-state index in [1.54, 1.807) is 11.8 Å². The van der Waals surface area contributed by atoms with Gasteiger partial charge >= 0.3 is 0 Å². The molecule has 2 aliphatic rings. The van der Waals surface area contributed by atoms with Gasteiger partial charge in [0.15, 0.2) is 23.3 Å². The first kappa shape index (κ1) is 29.7. The fourth-order valence-corrected chi connectivity index (χ4v) is 7.87. The highest BCUT2D eigenvalue weighted by Crippen LogP contribution is 2.40. The van der Waals surface area contributed by atoms with Crippen LogP contribution < -0.4 is 4.48 Å². The summed E-state index contributed by atoms with van der Waals surface area (Å²) >= 11 is 1.71. The zero-order chi connectivity index (χ0) is 34.3. The van der Waals surface area contributed by atoms with Crippen LogP contribution in [0.3, 0.4) is 0 Å². The van der Waals surface area contributed by atoms with E-state index in [1.165, 1.54) is 5.69 Å². The average molecular weight is 681 g/mol. The first-order valence-electron chi connectivity index (χ1n) is 16.7. The van der Waals surface area contributed by atoms with Crippen LogP contribution in [0, 0.1) is 0 Å². The molecule has 2 N–H and O–H groups in total. The van der Waals surface area contributed by atoms with Crippen LogP contribution in [0.4, 0.5) is 5.69 Å². The number of aromatic nitrogens is 8. The number of benzene rings is 5. The summed E-state index contributed by atoms with van der Waals surface area (Å²) in [5.41, 5.74) is 7.57. The van der Waals surface area contributed by atoms with E-state index in [0.717, 1.165) is 58.1 Å². The zero-order valence-corrected chi connectivity index (χ0v) is 28.8. The van der Waals surface area contributed by atoms with E-state index in [1.807, 2.05) is 72.8 Å². The van der Waals surface area contributed by atoms with Crippen LogP contribution in [0.1, 0.15) is 0 Å². The summed E-state index contributed by atoms with van der Waals surface area (Å²) in [5, 5.41) is 3.80. The molecule has 0 fully saturated rings. The third-order valence-corrected chi connectivity index (χ3v) is 10.4. The molecule has 8 bridgehead atoms. The lowest BCUT2D eigenvalue weighted by Crippen LogP contribution is -2.34. The second-order valence-electron chi connectivity index (χ2n) is 13.5. The molecular weight excluding hydrogens is 651 g/mol. The third-order valence-electron chi connectivity index (χ3n) is 9.36. The fourth-order valence-electron chi connectivity index (χ4n) is 6.83. The van der Waals surface area contributed by atoms with Crippen molar-refractivity contribution in [1.82, 2.24) is 44.4 Å². The summed E-state index contributed by atoms with van der Waals surface area (Å²) in [6, 6.07) is 39.3. The number of aromatic amines is 2. The Kier molecular flexibility index (Phi) is 6.48. The minimum absolute atomic E-state index is 0.581. The number of hydrogen-bond donors (Lipinski definition) is 2. The van der Waals surface area contributed by atoms with Gasteiger partial charge in [0, 0.05) is 59.7 Å². The van der Waals surface area contributed by atoms with Crippen LogP contribution in [0.2, 0.25) is 0 Å². The fraction of sp³-hybridized carbons (Fsp3) is 0.0732. The monoisotopic (exact) mass is 680 g/mol. The predicted molar refractivity (Wildman–Crippen MR) is 206 cm³/mol. The molecule has 0 unspecified atom stereocenters. The third kappa shape index (κ3) is 4.91. The van der Waals surface area contributed by atoms with Gasteiger partial charge in [-0.25, -0.2) is 29.9 Å². The Morgan fingerprint density at radius 2 is 0.902 bits per heavy atom. The van der Waals surface area contributed by atoms with Gasteiger partial charge in [0.1, 0.15) is 28.3 Å². The van der Waals surface area contributed by atoms with Crippen molar-refractivity contribution < 1.29 is 0 Å². The van der Waals surface area contributed by atoms with Gasteiger partial charge in [-0.1, -0.05) is 103 Å². The van der Waals surface area contributed by atoms with Crippen molar-refractivity contribution in [2.45, 2.75) is 9.79 Å². The first-order valence-corrected chi connectivity index (χ1v) is 17.5. The highest BCUT2D eigenvalue weighted by atomic mass is 32.2. The van der Waals surface area contributed by atoms with Crippen LogP contribution in [0.5, 0.6) is 0 Å². The molecule has 0 amide bonds. The van der Waals surface area contributed by atoms with E-state index in [2.05, 4.69) is 73.6 Å². The van der Waals surface area contributed by atoms with Gasteiger partial charge in [-0.05, 0) is 18.2 Å². The topological polar surface area (TPSA) is 109 Å². The van der Waals surface area contributed by atoms with Crippen LogP contribution in [-0.2, 0) is 0 Å². The number of nitrogens with one attached hydrogen (secondary N) is 2. The molecule has 10 rings (SSSR count). The number of hydrogen-bond acceptors (Lipinski definition) is 7. The summed E-state index contributed by atoms with van der Waals surface area (Å²) in [6.45, 7) is 0. The molecule has 51 heavy (non-hydrogen) atoms. The molecule has 2 aliphatic heterocycles. The van der Waals surface area contributed by atoms with Crippen LogP contribution in [-0.4, -0.2) is 61.0 Å². The number of fused-ring (bicyclic) bond motifs is 20. The maximum Gasteiger partial charge on any atom is 0.164 e. The molecule has 5 heterocycles. The van der Waals surface area contributed by atoms with Gasteiger partial charge in [-0.3, -0.25) is 4.48 Å². The Morgan fingerprint density at radius 3 is 1.45 bits per heavy atom. The molecule has 0 atom stereocenters. The molecule has 0 saturated carbocycles. The summed E-state index contributed by atoms with van der Waals surface area (Å²) in [5.74, 6) is 2.34. The minimum Gasteiger partial charge on any atom is -0.324 e. The van der Waals surface area contributed by atoms with Crippen molar-refractivity contribution in [2.24, 2.45) is 0 Å². The Bertz CT molecular complexity index is 2900. The van der Waals surface area contributed by atoms with Gasteiger partial charge in [-0.15, -0.1) is 0 Å². The normalized spacial score (nSPS) is 12.3. The second kappa shape index (κ2) is 11.1. The Morgan fingerprint density at radius 1 is 0.451 bits per heavy atom. The van der Waals surface area contributed by atoms with Gasteiger partial charge in [0.2, 0.25) is 0 Å². The van der Waals surface area contributed by atoms with Gasteiger partial charge in [0.05, 0.1) is 21.1 Å². The number of quaternary nitrogens is 1. The van der Waals surface area contributed by atoms with E-state index in [9.17, 15) is 0 Å². The molecule has 5 aromatic carbocycles. The van der Waals surface area contributed by atoms with Crippen molar-refractivity contribution in [2.75, 3.05) is 21.1 Å². The summed E-state index contributed by atoms with van der Waals surface area (Å²) in [7, 11) is 6.53. The van der Waals surface area contributed by atoms with Crippen molar-refractivity contribution in [3.8, 4) is 45.6 Å². The standard InChI is InChI=1S/C41H30N9S/c1-50(2,3)23-12-10-13-24(22-23)51-32-21-11-20-31-33(32)41-48-39-30-19-9-8-18-29(30)37(46-39)44-35-26-15-5-4-14-25(26)34(42-35)43-36-27-16-6-7-17-28(27)38(45-36)47-40(31)49-41/h4-22H,1-3H3,(H2,42,43,44,45,46,47,48,49)/q+1. The molecule has 10 heteroatoms. The molecule has 0 aliphatic carbocycles. The van der Waals surface area contributed by atoms with Crippen molar-refractivity contribution in [3.63, 3.8) is 0 Å². The van der Waals surface area contributed by atoms with E-state index in [0.29, 0.717) is 45.9 Å². The number of nitrogens with zero attached hydrogens (tertiary/aromatic N) is 7.